The van der Waals surface area contributed by atoms with Gasteiger partial charge in [0.25, 0.3) is 0 Å². The van der Waals surface area contributed by atoms with Crippen LogP contribution in [-0.4, -0.2) is 5.97 Å². The van der Waals surface area contributed by atoms with Gasteiger partial charge in [0.05, 0.1) is 5.41 Å². The highest BCUT2D eigenvalue weighted by atomic mass is 16.5. The fourth-order valence-electron chi connectivity index (χ4n) is 1.41. The van der Waals surface area contributed by atoms with Crippen LogP contribution in [0.1, 0.15) is 53.5 Å². The van der Waals surface area contributed by atoms with E-state index in [1.807, 2.05) is 45.0 Å². The van der Waals surface area contributed by atoms with Gasteiger partial charge >= 0.3 is 5.97 Å². The molecule has 0 amide bonds. The highest BCUT2D eigenvalue weighted by molar-refractivity contribution is 5.78. The van der Waals surface area contributed by atoms with Crippen molar-refractivity contribution in [3.63, 3.8) is 0 Å². The summed E-state index contributed by atoms with van der Waals surface area (Å²) in [6.45, 7) is 12.3. The highest BCUT2D eigenvalue weighted by Gasteiger charge is 2.27. The quantitative estimate of drug-likeness (QED) is 0.588. The molecule has 0 aliphatic heterocycles. The van der Waals surface area contributed by atoms with Crippen LogP contribution in [0, 0.1) is 5.41 Å². The molecule has 0 fully saturated rings. The van der Waals surface area contributed by atoms with E-state index in [9.17, 15) is 4.79 Å². The molecule has 0 N–H and O–H groups in total. The molecule has 18 heavy (non-hydrogen) atoms. The normalized spacial score (nSPS) is 12.3. The first-order valence-electron chi connectivity index (χ1n) is 6.49. The van der Waals surface area contributed by atoms with E-state index in [0.29, 0.717) is 5.75 Å². The Morgan fingerprint density at radius 2 is 1.56 bits per heavy atom. The Hall–Kier alpha value is -1.31. The Bertz CT molecular complexity index is 408. The van der Waals surface area contributed by atoms with Crippen LogP contribution in [0.5, 0.6) is 5.75 Å². The van der Waals surface area contributed by atoms with Crippen molar-refractivity contribution in [2.75, 3.05) is 0 Å². The van der Waals surface area contributed by atoms with E-state index in [1.165, 1.54) is 5.56 Å². The Morgan fingerprint density at radius 3 is 1.94 bits per heavy atom. The molecule has 0 radical (unpaired) electrons. The molecular weight excluding hydrogens is 224 g/mol. The lowest BCUT2D eigenvalue weighted by atomic mass is 9.87. The molecule has 0 saturated heterocycles. The van der Waals surface area contributed by atoms with Gasteiger partial charge in [0.15, 0.2) is 0 Å². The van der Waals surface area contributed by atoms with Gasteiger partial charge in [-0.3, -0.25) is 4.79 Å². The molecule has 0 saturated carbocycles. The van der Waals surface area contributed by atoms with E-state index in [1.54, 1.807) is 0 Å². The molecule has 0 aliphatic carbocycles. The second-order valence-corrected chi connectivity index (χ2v) is 6.40. The molecule has 1 aromatic carbocycles. The number of hydrogen-bond donors (Lipinski definition) is 0. The van der Waals surface area contributed by atoms with Gasteiger partial charge in [-0.15, -0.1) is 0 Å². The second-order valence-electron chi connectivity index (χ2n) is 6.40. The highest BCUT2D eigenvalue weighted by Crippen LogP contribution is 2.26. The lowest BCUT2D eigenvalue weighted by molar-refractivity contribution is -0.144. The van der Waals surface area contributed by atoms with Gasteiger partial charge in [-0.25, -0.2) is 0 Å². The molecule has 0 unspecified atom stereocenters. The number of rotatable bonds is 3. The summed E-state index contributed by atoms with van der Waals surface area (Å²) in [5, 5.41) is 0. The topological polar surface area (TPSA) is 26.3 Å². The van der Waals surface area contributed by atoms with Crippen molar-refractivity contribution in [3.05, 3.63) is 29.8 Å². The molecular formula is C16H24O2. The molecule has 0 bridgehead atoms. The van der Waals surface area contributed by atoms with Crippen molar-refractivity contribution in [2.24, 2.45) is 5.41 Å². The zero-order valence-electron chi connectivity index (χ0n) is 12.3. The minimum Gasteiger partial charge on any atom is -0.426 e. The van der Waals surface area contributed by atoms with Gasteiger partial charge in [-0.05, 0) is 43.4 Å². The summed E-state index contributed by atoms with van der Waals surface area (Å²) in [4.78, 5) is 11.9. The summed E-state index contributed by atoms with van der Waals surface area (Å²) >= 11 is 0. The third-order valence-electron chi connectivity index (χ3n) is 3.37. The third kappa shape index (κ3) is 3.59. The van der Waals surface area contributed by atoms with Gasteiger partial charge < -0.3 is 4.74 Å². The summed E-state index contributed by atoms with van der Waals surface area (Å²) < 4.78 is 5.40. The maximum absolute atomic E-state index is 11.9. The minimum absolute atomic E-state index is 0.116. The lowest BCUT2D eigenvalue weighted by Crippen LogP contribution is -2.28. The van der Waals surface area contributed by atoms with Crippen molar-refractivity contribution in [2.45, 2.75) is 53.4 Å². The maximum Gasteiger partial charge on any atom is 0.316 e. The monoisotopic (exact) mass is 248 g/mol. The predicted octanol–water partition coefficient (Wildman–Crippen LogP) is 4.33. The van der Waals surface area contributed by atoms with Crippen molar-refractivity contribution in [1.29, 1.82) is 0 Å². The Balaban J connectivity index is 2.79. The summed E-state index contributed by atoms with van der Waals surface area (Å²) in [6.07, 6.45) is 0.770. The average molecular weight is 248 g/mol. The van der Waals surface area contributed by atoms with E-state index in [-0.39, 0.29) is 11.4 Å². The Kier molecular flexibility index (Phi) is 4.20. The third-order valence-corrected chi connectivity index (χ3v) is 3.37. The summed E-state index contributed by atoms with van der Waals surface area (Å²) in [7, 11) is 0. The van der Waals surface area contributed by atoms with Crippen molar-refractivity contribution < 1.29 is 9.53 Å². The van der Waals surface area contributed by atoms with Crippen LogP contribution >= 0.6 is 0 Å². The van der Waals surface area contributed by atoms with E-state index >= 15 is 0 Å². The fraction of sp³-hybridized carbons (Fsp3) is 0.562. The molecule has 0 spiro atoms. The smallest absolute Gasteiger partial charge is 0.316 e. The van der Waals surface area contributed by atoms with E-state index in [0.717, 1.165) is 6.42 Å². The molecule has 1 aromatic rings. The zero-order valence-corrected chi connectivity index (χ0v) is 12.3. The van der Waals surface area contributed by atoms with Crippen LogP contribution < -0.4 is 4.74 Å². The predicted molar refractivity (Wildman–Crippen MR) is 74.8 cm³/mol. The van der Waals surface area contributed by atoms with Crippen LogP contribution in [0.2, 0.25) is 0 Å². The maximum atomic E-state index is 11.9. The van der Waals surface area contributed by atoms with Gasteiger partial charge in [-0.2, -0.15) is 0 Å². The molecule has 2 nitrogen and oxygen atoms in total. The molecule has 2 heteroatoms. The molecule has 100 valence electrons. The number of benzene rings is 1. The van der Waals surface area contributed by atoms with Crippen molar-refractivity contribution >= 4 is 5.97 Å². The standard InChI is InChI=1S/C16H24O2/c1-7-16(5,6)14(17)18-13-10-8-12(9-11-13)15(2,3)4/h8-11H,7H2,1-6H3. The summed E-state index contributed by atoms with van der Waals surface area (Å²) in [5.74, 6) is 0.447. The van der Waals surface area contributed by atoms with Crippen LogP contribution in [0.15, 0.2) is 24.3 Å². The van der Waals surface area contributed by atoms with Crippen LogP contribution in [-0.2, 0) is 10.2 Å². The van der Waals surface area contributed by atoms with Crippen LogP contribution in [0.25, 0.3) is 0 Å². The largest absolute Gasteiger partial charge is 0.426 e. The molecule has 0 aliphatic rings. The Labute approximate surface area is 110 Å². The zero-order chi connectivity index (χ0) is 14.0. The van der Waals surface area contributed by atoms with Gasteiger partial charge in [-0.1, -0.05) is 39.8 Å². The van der Waals surface area contributed by atoms with Crippen molar-refractivity contribution in [3.8, 4) is 5.75 Å². The van der Waals surface area contributed by atoms with Crippen LogP contribution in [0.4, 0.5) is 0 Å². The SMILES string of the molecule is CCC(C)(C)C(=O)Oc1ccc(C(C)(C)C)cc1. The van der Waals surface area contributed by atoms with Gasteiger partial charge in [0.2, 0.25) is 0 Å². The van der Waals surface area contributed by atoms with E-state index < -0.39 is 5.41 Å². The van der Waals surface area contributed by atoms with Gasteiger partial charge in [0.1, 0.15) is 5.75 Å². The molecule has 1 rings (SSSR count). The second kappa shape index (κ2) is 5.13. The molecule has 0 atom stereocenters. The number of carbonyl (C=O) groups is 1. The Morgan fingerprint density at radius 1 is 1.06 bits per heavy atom. The number of esters is 1. The van der Waals surface area contributed by atoms with E-state index in [4.69, 9.17) is 4.74 Å². The number of hydrogen-bond acceptors (Lipinski definition) is 2. The van der Waals surface area contributed by atoms with E-state index in [2.05, 4.69) is 20.8 Å². The number of ether oxygens (including phenoxy) is 1. The van der Waals surface area contributed by atoms with Crippen LogP contribution in [0.3, 0.4) is 0 Å². The first-order valence-corrected chi connectivity index (χ1v) is 6.49. The number of carbonyl (C=O) groups excluding carboxylic acids is 1. The fourth-order valence-corrected chi connectivity index (χ4v) is 1.41. The molecule has 0 aromatic heterocycles. The van der Waals surface area contributed by atoms with Crippen molar-refractivity contribution in [1.82, 2.24) is 0 Å². The average Bonchev–Trinajstić information content (AvgIpc) is 2.28. The minimum atomic E-state index is -0.428. The first kappa shape index (κ1) is 14.7. The summed E-state index contributed by atoms with van der Waals surface area (Å²) in [5.41, 5.74) is 0.922. The first-order chi connectivity index (χ1) is 8.16. The molecule has 0 heterocycles. The lowest BCUT2D eigenvalue weighted by Gasteiger charge is -2.21. The summed E-state index contributed by atoms with van der Waals surface area (Å²) in [6, 6.07) is 7.76. The van der Waals surface area contributed by atoms with Gasteiger partial charge in [0, 0.05) is 0 Å².